The highest BCUT2D eigenvalue weighted by Gasteiger charge is 1.98. The second-order valence-corrected chi connectivity index (χ2v) is 4.25. The van der Waals surface area contributed by atoms with Gasteiger partial charge in [-0.3, -0.25) is 0 Å². The minimum absolute atomic E-state index is 0.662. The summed E-state index contributed by atoms with van der Waals surface area (Å²) in [6.45, 7) is 0. The third kappa shape index (κ3) is 4.85. The van der Waals surface area contributed by atoms with Gasteiger partial charge >= 0.3 is 0 Å². The largest absolute Gasteiger partial charge is 0.378 e. The molecule has 0 radical (unpaired) electrons. The standard InChI is InChI=1S/C11H14Cl2O/c12-10-7-5-9(6-8-10)3-1-2-4-11(13)14/h5-8,11,14H,1-4H2. The van der Waals surface area contributed by atoms with Gasteiger partial charge in [-0.1, -0.05) is 35.3 Å². The van der Waals surface area contributed by atoms with E-state index in [9.17, 15) is 0 Å². The first kappa shape index (κ1) is 11.8. The van der Waals surface area contributed by atoms with Crippen molar-refractivity contribution in [2.45, 2.75) is 31.2 Å². The Morgan fingerprint density at radius 3 is 2.36 bits per heavy atom. The molecule has 1 aromatic rings. The molecule has 0 aromatic heterocycles. The molecule has 1 aromatic carbocycles. The Balaban J connectivity index is 2.21. The maximum atomic E-state index is 8.83. The van der Waals surface area contributed by atoms with Gasteiger partial charge in [-0.15, -0.1) is 0 Å². The smallest absolute Gasteiger partial charge is 0.128 e. The van der Waals surface area contributed by atoms with Crippen LogP contribution in [0.5, 0.6) is 0 Å². The molecule has 0 spiro atoms. The zero-order chi connectivity index (χ0) is 10.4. The van der Waals surface area contributed by atoms with Gasteiger partial charge in [-0.05, 0) is 43.4 Å². The van der Waals surface area contributed by atoms with E-state index in [1.165, 1.54) is 5.56 Å². The third-order valence-corrected chi connectivity index (χ3v) is 2.54. The van der Waals surface area contributed by atoms with Gasteiger partial charge in [-0.25, -0.2) is 0 Å². The molecule has 1 rings (SSSR count). The number of hydrogen-bond acceptors (Lipinski definition) is 1. The van der Waals surface area contributed by atoms with Crippen LogP contribution in [0.3, 0.4) is 0 Å². The Hall–Kier alpha value is -0.240. The molecule has 1 atom stereocenters. The van der Waals surface area contributed by atoms with E-state index in [0.29, 0.717) is 6.42 Å². The van der Waals surface area contributed by atoms with Crippen molar-refractivity contribution in [1.29, 1.82) is 0 Å². The van der Waals surface area contributed by atoms with Crippen molar-refractivity contribution >= 4 is 23.2 Å². The molecular weight excluding hydrogens is 219 g/mol. The lowest BCUT2D eigenvalue weighted by molar-refractivity contribution is 0.241. The topological polar surface area (TPSA) is 20.2 Å². The van der Waals surface area contributed by atoms with Crippen LogP contribution in [0.15, 0.2) is 24.3 Å². The Morgan fingerprint density at radius 2 is 1.79 bits per heavy atom. The molecule has 0 saturated carbocycles. The van der Waals surface area contributed by atoms with Crippen LogP contribution >= 0.6 is 23.2 Å². The number of unbranched alkanes of at least 4 members (excludes halogenated alkanes) is 1. The van der Waals surface area contributed by atoms with Crippen molar-refractivity contribution in [3.05, 3.63) is 34.9 Å². The molecule has 0 fully saturated rings. The van der Waals surface area contributed by atoms with Crippen LogP contribution in [0.1, 0.15) is 24.8 Å². The van der Waals surface area contributed by atoms with E-state index in [1.807, 2.05) is 24.3 Å². The molecule has 0 aliphatic carbocycles. The number of aliphatic hydroxyl groups is 1. The van der Waals surface area contributed by atoms with Gasteiger partial charge in [0.05, 0.1) is 0 Å². The minimum Gasteiger partial charge on any atom is -0.378 e. The van der Waals surface area contributed by atoms with E-state index in [2.05, 4.69) is 0 Å². The van der Waals surface area contributed by atoms with Crippen LogP contribution in [0.2, 0.25) is 5.02 Å². The molecule has 0 saturated heterocycles. The lowest BCUT2D eigenvalue weighted by Gasteiger charge is -2.02. The van der Waals surface area contributed by atoms with Gasteiger partial charge < -0.3 is 5.11 Å². The van der Waals surface area contributed by atoms with Crippen molar-refractivity contribution in [3.8, 4) is 0 Å². The molecule has 1 unspecified atom stereocenters. The van der Waals surface area contributed by atoms with E-state index < -0.39 is 5.56 Å². The summed E-state index contributed by atoms with van der Waals surface area (Å²) in [4.78, 5) is 0. The first-order valence-electron chi connectivity index (χ1n) is 4.75. The summed E-state index contributed by atoms with van der Waals surface area (Å²) >= 11 is 11.2. The number of rotatable bonds is 5. The lowest BCUT2D eigenvalue weighted by Crippen LogP contribution is -1.95. The van der Waals surface area contributed by atoms with Crippen LogP contribution in [-0.2, 0) is 6.42 Å². The van der Waals surface area contributed by atoms with E-state index in [-0.39, 0.29) is 0 Å². The van der Waals surface area contributed by atoms with E-state index in [4.69, 9.17) is 28.3 Å². The quantitative estimate of drug-likeness (QED) is 0.608. The number of alkyl halides is 1. The Morgan fingerprint density at radius 1 is 1.14 bits per heavy atom. The summed E-state index contributed by atoms with van der Waals surface area (Å²) < 4.78 is 0. The number of hydrogen-bond donors (Lipinski definition) is 1. The van der Waals surface area contributed by atoms with E-state index >= 15 is 0 Å². The zero-order valence-corrected chi connectivity index (χ0v) is 9.43. The van der Waals surface area contributed by atoms with E-state index in [0.717, 1.165) is 24.3 Å². The zero-order valence-electron chi connectivity index (χ0n) is 7.92. The molecule has 0 aliphatic rings. The maximum absolute atomic E-state index is 8.83. The molecular formula is C11H14Cl2O. The molecule has 14 heavy (non-hydrogen) atoms. The summed E-state index contributed by atoms with van der Waals surface area (Å²) in [7, 11) is 0. The second kappa shape index (κ2) is 6.28. The molecule has 78 valence electrons. The Kier molecular flexibility index (Phi) is 5.31. The van der Waals surface area contributed by atoms with Crippen LogP contribution in [-0.4, -0.2) is 10.7 Å². The molecule has 1 nitrogen and oxygen atoms in total. The van der Waals surface area contributed by atoms with Gasteiger partial charge in [0, 0.05) is 5.02 Å². The molecule has 0 bridgehead atoms. The lowest BCUT2D eigenvalue weighted by atomic mass is 10.1. The van der Waals surface area contributed by atoms with Gasteiger partial charge in [0.15, 0.2) is 0 Å². The Labute approximate surface area is 94.7 Å². The molecule has 0 amide bonds. The third-order valence-electron chi connectivity index (χ3n) is 2.07. The monoisotopic (exact) mass is 232 g/mol. The predicted octanol–water partition coefficient (Wildman–Crippen LogP) is 3.61. The highest BCUT2D eigenvalue weighted by atomic mass is 35.5. The van der Waals surface area contributed by atoms with Crippen LogP contribution in [0.25, 0.3) is 0 Å². The molecule has 3 heteroatoms. The van der Waals surface area contributed by atoms with Crippen LogP contribution in [0.4, 0.5) is 0 Å². The SMILES string of the molecule is OC(Cl)CCCCc1ccc(Cl)cc1. The Bertz CT molecular complexity index is 256. The average molecular weight is 233 g/mol. The fraction of sp³-hybridized carbons (Fsp3) is 0.455. The minimum atomic E-state index is -0.694. The highest BCUT2D eigenvalue weighted by Crippen LogP contribution is 2.13. The average Bonchev–Trinajstić information content (AvgIpc) is 2.15. The first-order chi connectivity index (χ1) is 6.68. The predicted molar refractivity (Wildman–Crippen MR) is 60.9 cm³/mol. The summed E-state index contributed by atoms with van der Waals surface area (Å²) in [6, 6.07) is 7.85. The number of aliphatic hydroxyl groups excluding tert-OH is 1. The van der Waals surface area contributed by atoms with Crippen molar-refractivity contribution < 1.29 is 5.11 Å². The fourth-order valence-electron chi connectivity index (χ4n) is 1.29. The van der Waals surface area contributed by atoms with Crippen molar-refractivity contribution in [2.75, 3.05) is 0 Å². The van der Waals surface area contributed by atoms with Crippen molar-refractivity contribution in [2.24, 2.45) is 0 Å². The summed E-state index contributed by atoms with van der Waals surface area (Å²) in [5.41, 5.74) is 0.582. The molecule has 0 aliphatic heterocycles. The number of benzene rings is 1. The summed E-state index contributed by atoms with van der Waals surface area (Å²) in [6.07, 6.45) is 3.68. The highest BCUT2D eigenvalue weighted by molar-refractivity contribution is 6.30. The van der Waals surface area contributed by atoms with Crippen molar-refractivity contribution in [3.63, 3.8) is 0 Å². The molecule has 1 N–H and O–H groups in total. The van der Waals surface area contributed by atoms with E-state index in [1.54, 1.807) is 0 Å². The normalized spacial score (nSPS) is 12.8. The first-order valence-corrected chi connectivity index (χ1v) is 5.56. The van der Waals surface area contributed by atoms with Crippen LogP contribution < -0.4 is 0 Å². The maximum Gasteiger partial charge on any atom is 0.128 e. The van der Waals surface area contributed by atoms with Gasteiger partial charge in [0.25, 0.3) is 0 Å². The van der Waals surface area contributed by atoms with Crippen molar-refractivity contribution in [1.82, 2.24) is 0 Å². The number of halogens is 2. The van der Waals surface area contributed by atoms with Gasteiger partial charge in [0.2, 0.25) is 0 Å². The number of aryl methyl sites for hydroxylation is 1. The second-order valence-electron chi connectivity index (χ2n) is 3.31. The van der Waals surface area contributed by atoms with Gasteiger partial charge in [0.1, 0.15) is 5.56 Å². The summed E-state index contributed by atoms with van der Waals surface area (Å²) in [5, 5.41) is 9.60. The fourth-order valence-corrected chi connectivity index (χ4v) is 1.57. The van der Waals surface area contributed by atoms with Gasteiger partial charge in [-0.2, -0.15) is 0 Å². The molecule has 0 heterocycles. The summed E-state index contributed by atoms with van der Waals surface area (Å²) in [5.74, 6) is 0. The van der Waals surface area contributed by atoms with Crippen LogP contribution in [0, 0.1) is 0 Å².